The summed E-state index contributed by atoms with van der Waals surface area (Å²) in [6.07, 6.45) is 0. The molecule has 1 aromatic heterocycles. The van der Waals surface area contributed by atoms with Gasteiger partial charge in [0.05, 0.1) is 0 Å². The van der Waals surface area contributed by atoms with Gasteiger partial charge in [-0.2, -0.15) is 0 Å². The smallest absolute Gasteiger partial charge is 0.0459 e. The van der Waals surface area contributed by atoms with Crippen LogP contribution >= 0.6 is 0 Å². The van der Waals surface area contributed by atoms with Gasteiger partial charge in [-0.25, -0.2) is 0 Å². The quantitative estimate of drug-likeness (QED) is 0.710. The molecule has 2 aromatic rings. The van der Waals surface area contributed by atoms with E-state index in [2.05, 4.69) is 37.0 Å². The predicted octanol–water partition coefficient (Wildman–Crippen LogP) is 2.80. The Morgan fingerprint density at radius 2 is 1.79 bits per heavy atom. The first-order valence-electron chi connectivity index (χ1n) is 4.93. The van der Waals surface area contributed by atoms with E-state index in [1.165, 1.54) is 22.0 Å². The molecule has 3 N–H and O–H groups in total. The lowest BCUT2D eigenvalue weighted by Crippen LogP contribution is -2.04. The first-order chi connectivity index (χ1) is 6.58. The summed E-state index contributed by atoms with van der Waals surface area (Å²) in [5, 5.41) is 1.25. The second-order valence-electron chi connectivity index (χ2n) is 4.04. The number of aryl methyl sites for hydroxylation is 2. The fourth-order valence-electron chi connectivity index (χ4n) is 1.67. The summed E-state index contributed by atoms with van der Waals surface area (Å²) < 4.78 is 0. The molecule has 2 rings (SSSR count). The average molecular weight is 188 g/mol. The lowest BCUT2D eigenvalue weighted by molar-refractivity contribution is 0.792. The zero-order valence-corrected chi connectivity index (χ0v) is 8.89. The van der Waals surface area contributed by atoms with E-state index in [1.54, 1.807) is 0 Å². The molecule has 0 spiro atoms. The number of aromatic nitrogens is 1. The summed E-state index contributed by atoms with van der Waals surface area (Å²) in [7, 11) is 0. The molecule has 2 nitrogen and oxygen atoms in total. The first kappa shape index (κ1) is 9.28. The summed E-state index contributed by atoms with van der Waals surface area (Å²) >= 11 is 0. The lowest BCUT2D eigenvalue weighted by Gasteiger charge is -1.99. The van der Waals surface area contributed by atoms with Crippen molar-refractivity contribution in [3.63, 3.8) is 0 Å². The molecule has 2 heteroatoms. The Hall–Kier alpha value is -1.28. The molecular formula is C12H16N2. The fraction of sp³-hybridized carbons (Fsp3) is 0.333. The molecule has 0 saturated heterocycles. The van der Waals surface area contributed by atoms with E-state index < -0.39 is 0 Å². The zero-order valence-electron chi connectivity index (χ0n) is 8.89. The Labute approximate surface area is 84.1 Å². The molecule has 74 valence electrons. The average Bonchev–Trinajstić information content (AvgIpc) is 2.48. The van der Waals surface area contributed by atoms with Gasteiger partial charge in [0.1, 0.15) is 0 Å². The number of hydrogen-bond acceptors (Lipinski definition) is 1. The SMILES string of the molecule is Cc1cc2cc(C(C)N)[nH]c2cc1C. The number of H-pyrrole nitrogens is 1. The van der Waals surface area contributed by atoms with Crippen molar-refractivity contribution in [2.24, 2.45) is 5.73 Å². The minimum atomic E-state index is 0.0722. The number of rotatable bonds is 1. The summed E-state index contributed by atoms with van der Waals surface area (Å²) in [5.74, 6) is 0. The van der Waals surface area contributed by atoms with Crippen LogP contribution in [0.1, 0.15) is 29.8 Å². The Morgan fingerprint density at radius 1 is 1.14 bits per heavy atom. The molecule has 1 unspecified atom stereocenters. The zero-order chi connectivity index (χ0) is 10.3. The fourth-order valence-corrected chi connectivity index (χ4v) is 1.67. The number of fused-ring (bicyclic) bond motifs is 1. The van der Waals surface area contributed by atoms with Crippen LogP contribution < -0.4 is 5.73 Å². The second-order valence-corrected chi connectivity index (χ2v) is 4.04. The van der Waals surface area contributed by atoms with E-state index in [4.69, 9.17) is 5.73 Å². The van der Waals surface area contributed by atoms with Gasteiger partial charge in [0.25, 0.3) is 0 Å². The molecule has 1 atom stereocenters. The van der Waals surface area contributed by atoms with Gasteiger partial charge in [-0.05, 0) is 55.5 Å². The van der Waals surface area contributed by atoms with Gasteiger partial charge in [0.15, 0.2) is 0 Å². The molecule has 0 amide bonds. The molecule has 0 radical (unpaired) electrons. The largest absolute Gasteiger partial charge is 0.357 e. The highest BCUT2D eigenvalue weighted by molar-refractivity contribution is 5.82. The number of hydrogen-bond donors (Lipinski definition) is 2. The number of benzene rings is 1. The minimum Gasteiger partial charge on any atom is -0.357 e. The summed E-state index contributed by atoms with van der Waals surface area (Å²) in [5.41, 5.74) is 10.7. The van der Waals surface area contributed by atoms with Crippen LogP contribution in [0, 0.1) is 13.8 Å². The summed E-state index contributed by atoms with van der Waals surface area (Å²) in [6.45, 7) is 6.25. The van der Waals surface area contributed by atoms with Gasteiger partial charge >= 0.3 is 0 Å². The Bertz CT molecular complexity index is 427. The van der Waals surface area contributed by atoms with Crippen LogP contribution in [-0.4, -0.2) is 4.98 Å². The van der Waals surface area contributed by atoms with E-state index >= 15 is 0 Å². The summed E-state index contributed by atoms with van der Waals surface area (Å²) in [6, 6.07) is 6.58. The third-order valence-corrected chi connectivity index (χ3v) is 2.75. The van der Waals surface area contributed by atoms with Crippen LogP contribution in [0.25, 0.3) is 10.9 Å². The minimum absolute atomic E-state index is 0.0722. The molecule has 0 aliphatic rings. The Kier molecular flexibility index (Phi) is 2.08. The van der Waals surface area contributed by atoms with Crippen molar-refractivity contribution in [1.29, 1.82) is 0 Å². The molecule has 1 heterocycles. The topological polar surface area (TPSA) is 41.8 Å². The Balaban J connectivity index is 2.66. The van der Waals surface area contributed by atoms with Crippen molar-refractivity contribution < 1.29 is 0 Å². The first-order valence-corrected chi connectivity index (χ1v) is 4.93. The highest BCUT2D eigenvalue weighted by Gasteiger charge is 2.05. The lowest BCUT2D eigenvalue weighted by atomic mass is 10.1. The molecule has 14 heavy (non-hydrogen) atoms. The van der Waals surface area contributed by atoms with E-state index in [9.17, 15) is 0 Å². The van der Waals surface area contributed by atoms with Crippen LogP contribution in [0.15, 0.2) is 18.2 Å². The molecule has 0 saturated carbocycles. The standard InChI is InChI=1S/C12H16N2/c1-7-4-10-6-11(9(3)13)14-12(10)5-8(7)2/h4-6,9,14H,13H2,1-3H3. The number of nitrogens with one attached hydrogen (secondary N) is 1. The molecule has 1 aromatic carbocycles. The normalized spacial score (nSPS) is 13.4. The van der Waals surface area contributed by atoms with Crippen LogP contribution in [0.4, 0.5) is 0 Å². The van der Waals surface area contributed by atoms with Gasteiger partial charge in [0.2, 0.25) is 0 Å². The van der Waals surface area contributed by atoms with Gasteiger partial charge in [0, 0.05) is 17.3 Å². The third-order valence-electron chi connectivity index (χ3n) is 2.75. The predicted molar refractivity (Wildman–Crippen MR) is 60.4 cm³/mol. The molecule has 0 aliphatic heterocycles. The van der Waals surface area contributed by atoms with Crippen molar-refractivity contribution >= 4 is 10.9 Å². The molecule has 0 aliphatic carbocycles. The molecule has 0 bridgehead atoms. The highest BCUT2D eigenvalue weighted by atomic mass is 14.8. The van der Waals surface area contributed by atoms with Crippen molar-refractivity contribution in [2.45, 2.75) is 26.8 Å². The van der Waals surface area contributed by atoms with Crippen LogP contribution in [0.2, 0.25) is 0 Å². The summed E-state index contributed by atoms with van der Waals surface area (Å²) in [4.78, 5) is 3.34. The van der Waals surface area contributed by atoms with E-state index in [0.29, 0.717) is 0 Å². The maximum atomic E-state index is 5.82. The second kappa shape index (κ2) is 3.14. The number of nitrogens with two attached hydrogens (primary N) is 1. The maximum absolute atomic E-state index is 5.82. The highest BCUT2D eigenvalue weighted by Crippen LogP contribution is 2.22. The monoisotopic (exact) mass is 188 g/mol. The maximum Gasteiger partial charge on any atom is 0.0459 e. The van der Waals surface area contributed by atoms with Gasteiger partial charge in [-0.3, -0.25) is 0 Å². The van der Waals surface area contributed by atoms with E-state index in [1.807, 2.05) is 6.92 Å². The van der Waals surface area contributed by atoms with E-state index in [0.717, 1.165) is 5.69 Å². The third kappa shape index (κ3) is 1.42. The van der Waals surface area contributed by atoms with Gasteiger partial charge in [-0.1, -0.05) is 0 Å². The molecular weight excluding hydrogens is 172 g/mol. The van der Waals surface area contributed by atoms with Gasteiger partial charge < -0.3 is 10.7 Å². The Morgan fingerprint density at radius 3 is 2.43 bits per heavy atom. The molecule has 0 fully saturated rings. The number of aromatic amines is 1. The van der Waals surface area contributed by atoms with Crippen molar-refractivity contribution in [2.75, 3.05) is 0 Å². The van der Waals surface area contributed by atoms with Crippen molar-refractivity contribution in [1.82, 2.24) is 4.98 Å². The van der Waals surface area contributed by atoms with E-state index in [-0.39, 0.29) is 6.04 Å². The van der Waals surface area contributed by atoms with Crippen LogP contribution in [0.3, 0.4) is 0 Å². The van der Waals surface area contributed by atoms with Crippen molar-refractivity contribution in [3.8, 4) is 0 Å². The van der Waals surface area contributed by atoms with Crippen molar-refractivity contribution in [3.05, 3.63) is 35.0 Å². The van der Waals surface area contributed by atoms with Crippen LogP contribution in [-0.2, 0) is 0 Å². The van der Waals surface area contributed by atoms with Crippen LogP contribution in [0.5, 0.6) is 0 Å². The van der Waals surface area contributed by atoms with Gasteiger partial charge in [-0.15, -0.1) is 0 Å².